The minimum atomic E-state index is -0.136. The van der Waals surface area contributed by atoms with Crippen molar-refractivity contribution in [2.75, 3.05) is 0 Å². The van der Waals surface area contributed by atoms with Gasteiger partial charge in [0.1, 0.15) is 0 Å². The Morgan fingerprint density at radius 1 is 1.20 bits per heavy atom. The van der Waals surface area contributed by atoms with Crippen molar-refractivity contribution >= 4 is 18.3 Å². The van der Waals surface area contributed by atoms with E-state index in [9.17, 15) is 4.79 Å². The molecule has 1 aliphatic rings. The standard InChI is InChI=1S/C12H15NO.ClH/c13-12(14)11-7-6-10(8-11)9-4-2-1-3-5-9;/h1-5,10-11H,6-8H2,(H2,13,14);1H. The first-order valence-corrected chi connectivity index (χ1v) is 5.11. The summed E-state index contributed by atoms with van der Waals surface area (Å²) in [6, 6.07) is 10.4. The summed E-state index contributed by atoms with van der Waals surface area (Å²) in [7, 11) is 0. The third kappa shape index (κ3) is 2.72. The van der Waals surface area contributed by atoms with Crippen LogP contribution in [0.3, 0.4) is 0 Å². The van der Waals surface area contributed by atoms with Crippen LogP contribution in [-0.4, -0.2) is 5.91 Å². The molecule has 2 rings (SSSR count). The molecule has 82 valence electrons. The number of nitrogens with two attached hydrogens (primary N) is 1. The van der Waals surface area contributed by atoms with E-state index in [0.717, 1.165) is 19.3 Å². The van der Waals surface area contributed by atoms with Crippen molar-refractivity contribution in [1.29, 1.82) is 0 Å². The monoisotopic (exact) mass is 225 g/mol. The van der Waals surface area contributed by atoms with Crippen molar-refractivity contribution in [3.8, 4) is 0 Å². The number of carbonyl (C=O) groups excluding carboxylic acids is 1. The molecular formula is C12H16ClNO. The van der Waals surface area contributed by atoms with E-state index < -0.39 is 0 Å². The van der Waals surface area contributed by atoms with Crippen LogP contribution in [0, 0.1) is 5.92 Å². The molecule has 1 saturated carbocycles. The van der Waals surface area contributed by atoms with E-state index >= 15 is 0 Å². The van der Waals surface area contributed by atoms with Gasteiger partial charge >= 0.3 is 0 Å². The van der Waals surface area contributed by atoms with Gasteiger partial charge in [-0.05, 0) is 30.7 Å². The Labute approximate surface area is 96.3 Å². The molecule has 1 aliphatic carbocycles. The number of hydrogen-bond acceptors (Lipinski definition) is 1. The zero-order valence-electron chi connectivity index (χ0n) is 8.56. The van der Waals surface area contributed by atoms with Crippen LogP contribution in [0.15, 0.2) is 30.3 Å². The highest BCUT2D eigenvalue weighted by atomic mass is 35.5. The second-order valence-electron chi connectivity index (χ2n) is 4.02. The summed E-state index contributed by atoms with van der Waals surface area (Å²) >= 11 is 0. The Hall–Kier alpha value is -1.02. The smallest absolute Gasteiger partial charge is 0.220 e. The van der Waals surface area contributed by atoms with E-state index in [1.54, 1.807) is 0 Å². The number of rotatable bonds is 2. The molecule has 1 amide bonds. The van der Waals surface area contributed by atoms with Gasteiger partial charge in [0.25, 0.3) is 0 Å². The number of carbonyl (C=O) groups is 1. The van der Waals surface area contributed by atoms with E-state index in [-0.39, 0.29) is 24.2 Å². The molecule has 0 spiro atoms. The minimum absolute atomic E-state index is 0. The molecule has 0 bridgehead atoms. The number of amides is 1. The molecule has 3 heteroatoms. The van der Waals surface area contributed by atoms with Gasteiger partial charge < -0.3 is 5.73 Å². The Morgan fingerprint density at radius 3 is 2.40 bits per heavy atom. The maximum Gasteiger partial charge on any atom is 0.220 e. The van der Waals surface area contributed by atoms with Crippen molar-refractivity contribution in [3.63, 3.8) is 0 Å². The Bertz CT molecular complexity index is 326. The van der Waals surface area contributed by atoms with Crippen molar-refractivity contribution in [1.82, 2.24) is 0 Å². The van der Waals surface area contributed by atoms with Gasteiger partial charge in [0.15, 0.2) is 0 Å². The second-order valence-corrected chi connectivity index (χ2v) is 4.02. The number of halogens is 1. The van der Waals surface area contributed by atoms with Crippen molar-refractivity contribution in [3.05, 3.63) is 35.9 Å². The molecule has 2 N–H and O–H groups in total. The zero-order chi connectivity index (χ0) is 9.97. The van der Waals surface area contributed by atoms with E-state index in [4.69, 9.17) is 5.73 Å². The lowest BCUT2D eigenvalue weighted by Gasteiger charge is -2.09. The summed E-state index contributed by atoms with van der Waals surface area (Å²) in [6.07, 6.45) is 2.98. The van der Waals surface area contributed by atoms with Crippen LogP contribution in [0.1, 0.15) is 30.7 Å². The van der Waals surface area contributed by atoms with Crippen molar-refractivity contribution in [2.24, 2.45) is 11.7 Å². The van der Waals surface area contributed by atoms with Gasteiger partial charge in [-0.1, -0.05) is 30.3 Å². The minimum Gasteiger partial charge on any atom is -0.369 e. The summed E-state index contributed by atoms with van der Waals surface area (Å²) in [5, 5.41) is 0. The molecule has 15 heavy (non-hydrogen) atoms. The first-order chi connectivity index (χ1) is 6.77. The lowest BCUT2D eigenvalue weighted by atomic mass is 9.96. The lowest BCUT2D eigenvalue weighted by Crippen LogP contribution is -2.20. The van der Waals surface area contributed by atoms with Crippen LogP contribution in [0.4, 0.5) is 0 Å². The average Bonchev–Trinajstić information content (AvgIpc) is 2.68. The van der Waals surface area contributed by atoms with E-state index in [1.807, 2.05) is 18.2 Å². The Morgan fingerprint density at radius 2 is 1.87 bits per heavy atom. The first-order valence-electron chi connectivity index (χ1n) is 5.11. The summed E-state index contributed by atoms with van der Waals surface area (Å²) in [4.78, 5) is 11.0. The van der Waals surface area contributed by atoms with Crippen molar-refractivity contribution < 1.29 is 4.79 Å². The number of hydrogen-bond donors (Lipinski definition) is 1. The Kier molecular flexibility index (Phi) is 4.15. The molecule has 0 saturated heterocycles. The molecular weight excluding hydrogens is 210 g/mol. The van der Waals surface area contributed by atoms with E-state index in [1.165, 1.54) is 5.56 Å². The van der Waals surface area contributed by atoms with Crippen LogP contribution in [0.25, 0.3) is 0 Å². The van der Waals surface area contributed by atoms with Gasteiger partial charge in [-0.25, -0.2) is 0 Å². The molecule has 0 heterocycles. The van der Waals surface area contributed by atoms with Gasteiger partial charge in [-0.3, -0.25) is 4.79 Å². The summed E-state index contributed by atoms with van der Waals surface area (Å²) in [5.74, 6) is 0.498. The van der Waals surface area contributed by atoms with Gasteiger partial charge in [-0.2, -0.15) is 0 Å². The number of benzene rings is 1. The molecule has 2 atom stereocenters. The summed E-state index contributed by atoms with van der Waals surface area (Å²) < 4.78 is 0. The molecule has 0 radical (unpaired) electrons. The molecule has 2 nitrogen and oxygen atoms in total. The maximum atomic E-state index is 11.0. The maximum absolute atomic E-state index is 11.0. The average molecular weight is 226 g/mol. The van der Waals surface area contributed by atoms with Crippen LogP contribution in [0.2, 0.25) is 0 Å². The highest BCUT2D eigenvalue weighted by Gasteiger charge is 2.28. The normalized spacial score (nSPS) is 24.5. The quantitative estimate of drug-likeness (QED) is 0.826. The van der Waals surface area contributed by atoms with Crippen molar-refractivity contribution in [2.45, 2.75) is 25.2 Å². The van der Waals surface area contributed by atoms with Gasteiger partial charge in [0.05, 0.1) is 0 Å². The Balaban J connectivity index is 0.00000112. The van der Waals surface area contributed by atoms with E-state index in [2.05, 4.69) is 12.1 Å². The number of primary amides is 1. The predicted octanol–water partition coefficient (Wildman–Crippen LogP) is 2.48. The fraction of sp³-hybridized carbons (Fsp3) is 0.417. The lowest BCUT2D eigenvalue weighted by molar-refractivity contribution is -0.121. The zero-order valence-corrected chi connectivity index (χ0v) is 9.37. The first kappa shape index (κ1) is 12.1. The highest BCUT2D eigenvalue weighted by Crippen LogP contribution is 2.37. The second kappa shape index (κ2) is 5.17. The predicted molar refractivity (Wildman–Crippen MR) is 63.0 cm³/mol. The summed E-state index contributed by atoms with van der Waals surface area (Å²) in [6.45, 7) is 0. The van der Waals surface area contributed by atoms with Crippen LogP contribution in [-0.2, 0) is 4.79 Å². The third-order valence-electron chi connectivity index (χ3n) is 3.11. The van der Waals surface area contributed by atoms with Crippen LogP contribution in [0.5, 0.6) is 0 Å². The summed E-state index contributed by atoms with van der Waals surface area (Å²) in [5.41, 5.74) is 6.64. The SMILES string of the molecule is Cl.NC(=O)C1CCC(c2ccccc2)C1. The van der Waals surface area contributed by atoms with Gasteiger partial charge in [-0.15, -0.1) is 12.4 Å². The molecule has 0 aromatic heterocycles. The topological polar surface area (TPSA) is 43.1 Å². The highest BCUT2D eigenvalue weighted by molar-refractivity contribution is 5.85. The molecule has 1 aromatic carbocycles. The molecule has 1 aromatic rings. The molecule has 0 aliphatic heterocycles. The third-order valence-corrected chi connectivity index (χ3v) is 3.11. The van der Waals surface area contributed by atoms with Gasteiger partial charge in [0, 0.05) is 5.92 Å². The van der Waals surface area contributed by atoms with Gasteiger partial charge in [0.2, 0.25) is 5.91 Å². The molecule has 2 unspecified atom stereocenters. The van der Waals surface area contributed by atoms with Crippen LogP contribution >= 0.6 is 12.4 Å². The molecule has 1 fully saturated rings. The fourth-order valence-electron chi connectivity index (χ4n) is 2.27. The van der Waals surface area contributed by atoms with Crippen LogP contribution < -0.4 is 5.73 Å². The largest absolute Gasteiger partial charge is 0.369 e. The fourth-order valence-corrected chi connectivity index (χ4v) is 2.27. The van der Waals surface area contributed by atoms with E-state index in [0.29, 0.717) is 5.92 Å².